The molecule has 0 bridgehead atoms. The molecule has 1 heterocycles. The second-order valence-electron chi connectivity index (χ2n) is 6.96. The lowest BCUT2D eigenvalue weighted by atomic mass is 10.0. The largest absolute Gasteiger partial charge is 0.593 e. The Bertz CT molecular complexity index is 742. The Balaban J connectivity index is 1.75. The molecule has 1 aliphatic rings. The van der Waals surface area contributed by atoms with E-state index in [2.05, 4.69) is 22.6 Å². The number of nitrogens with one attached hydrogen (secondary N) is 1. The van der Waals surface area contributed by atoms with Crippen LogP contribution in [0.3, 0.4) is 0 Å². The molecule has 0 radical (unpaired) electrons. The first-order chi connectivity index (χ1) is 13.0. The summed E-state index contributed by atoms with van der Waals surface area (Å²) < 4.78 is 29.7. The lowest BCUT2D eigenvalue weighted by molar-refractivity contribution is 0.485. The smallest absolute Gasteiger partial charge is 0.180 e. The monoisotopic (exact) mass is 405 g/mol. The summed E-state index contributed by atoms with van der Waals surface area (Å²) in [7, 11) is 3.53. The third-order valence-electron chi connectivity index (χ3n) is 4.79. The fourth-order valence-electron chi connectivity index (χ4n) is 3.32. The van der Waals surface area contributed by atoms with Crippen molar-refractivity contribution in [1.29, 1.82) is 0 Å². The van der Waals surface area contributed by atoms with E-state index in [4.69, 9.17) is 0 Å². The van der Waals surface area contributed by atoms with Crippen molar-refractivity contribution in [1.82, 2.24) is 4.31 Å². The van der Waals surface area contributed by atoms with Crippen LogP contribution < -0.4 is 9.62 Å². The summed E-state index contributed by atoms with van der Waals surface area (Å²) in [6.45, 7) is 3.27. The highest BCUT2D eigenvalue weighted by molar-refractivity contribution is 7.92. The first-order valence-corrected chi connectivity index (χ1v) is 11.5. The second-order valence-corrected chi connectivity index (χ2v) is 9.87. The summed E-state index contributed by atoms with van der Waals surface area (Å²) in [4.78, 5) is 3.76. The highest BCUT2D eigenvalue weighted by Gasteiger charge is 2.23. The summed E-state index contributed by atoms with van der Waals surface area (Å²) in [5.41, 5.74) is 1.98. The summed E-state index contributed by atoms with van der Waals surface area (Å²) in [6.07, 6.45) is 3.63. The van der Waals surface area contributed by atoms with E-state index in [1.807, 2.05) is 18.2 Å². The zero-order valence-corrected chi connectivity index (χ0v) is 17.7. The number of rotatable bonds is 6. The molecule has 2 aromatic carbocycles. The average molecular weight is 406 g/mol. The minimum atomic E-state index is -1.38. The van der Waals surface area contributed by atoms with Crippen LogP contribution in [0.1, 0.15) is 26.2 Å². The van der Waals surface area contributed by atoms with Crippen molar-refractivity contribution in [3.8, 4) is 0 Å². The Morgan fingerprint density at radius 2 is 1.67 bits per heavy atom. The van der Waals surface area contributed by atoms with Gasteiger partial charge in [0.2, 0.25) is 0 Å². The molecule has 3 atom stereocenters. The van der Waals surface area contributed by atoms with Gasteiger partial charge in [-0.15, -0.1) is 4.31 Å². The third-order valence-corrected chi connectivity index (χ3v) is 7.23. The molecule has 0 spiro atoms. The van der Waals surface area contributed by atoms with E-state index in [0.717, 1.165) is 17.9 Å². The molecule has 27 heavy (non-hydrogen) atoms. The predicted molar refractivity (Wildman–Crippen MR) is 114 cm³/mol. The zero-order chi connectivity index (χ0) is 19.4. The van der Waals surface area contributed by atoms with Crippen molar-refractivity contribution in [3.63, 3.8) is 0 Å². The van der Waals surface area contributed by atoms with Crippen molar-refractivity contribution in [2.75, 3.05) is 30.3 Å². The van der Waals surface area contributed by atoms with Crippen LogP contribution in [-0.2, 0) is 22.7 Å². The van der Waals surface area contributed by atoms with E-state index in [-0.39, 0.29) is 0 Å². The van der Waals surface area contributed by atoms with Crippen LogP contribution in [0.25, 0.3) is 0 Å². The van der Waals surface area contributed by atoms with Gasteiger partial charge in [-0.05, 0) is 38.3 Å². The molecule has 3 rings (SSSR count). The highest BCUT2D eigenvalue weighted by Crippen LogP contribution is 2.32. The lowest BCUT2D eigenvalue weighted by Gasteiger charge is -2.36. The molecule has 0 aromatic heterocycles. The van der Waals surface area contributed by atoms with E-state index in [0.29, 0.717) is 15.8 Å². The molecule has 0 amide bonds. The van der Waals surface area contributed by atoms with Gasteiger partial charge >= 0.3 is 0 Å². The van der Waals surface area contributed by atoms with Crippen LogP contribution in [0.4, 0.5) is 11.4 Å². The van der Waals surface area contributed by atoms with E-state index in [9.17, 15) is 9.11 Å². The van der Waals surface area contributed by atoms with Gasteiger partial charge in [-0.1, -0.05) is 12.1 Å². The molecular formula is C20H27N3O2S2. The van der Waals surface area contributed by atoms with Crippen molar-refractivity contribution in [2.45, 2.75) is 42.0 Å². The van der Waals surface area contributed by atoms with Gasteiger partial charge in [0.15, 0.2) is 9.79 Å². The fourth-order valence-corrected chi connectivity index (χ4v) is 4.98. The highest BCUT2D eigenvalue weighted by atomic mass is 32.2. The van der Waals surface area contributed by atoms with Crippen LogP contribution in [0.15, 0.2) is 58.3 Å². The predicted octanol–water partition coefficient (Wildman–Crippen LogP) is 3.78. The van der Waals surface area contributed by atoms with Gasteiger partial charge in [0.05, 0.1) is 17.0 Å². The van der Waals surface area contributed by atoms with Crippen molar-refractivity contribution < 1.29 is 9.11 Å². The summed E-state index contributed by atoms with van der Waals surface area (Å²) in [5.74, 6) is 0. The third kappa shape index (κ3) is 4.92. The fraction of sp³-hybridized carbons (Fsp3) is 0.400. The van der Waals surface area contributed by atoms with E-state index in [1.54, 1.807) is 42.7 Å². The van der Waals surface area contributed by atoms with Gasteiger partial charge in [0.1, 0.15) is 17.0 Å². The number of piperidine rings is 1. The van der Waals surface area contributed by atoms with Gasteiger partial charge < -0.3 is 14.0 Å². The number of hydrogen-bond acceptors (Lipinski definition) is 5. The first-order valence-electron chi connectivity index (χ1n) is 9.21. The number of nitrogens with zero attached hydrogens (tertiary/aromatic N) is 2. The van der Waals surface area contributed by atoms with Gasteiger partial charge in [0, 0.05) is 50.9 Å². The number of hydrogen-bond donors (Lipinski definition) is 1. The quantitative estimate of drug-likeness (QED) is 0.741. The topological polar surface area (TPSA) is 64.6 Å². The summed E-state index contributed by atoms with van der Waals surface area (Å²) >= 11 is -2.58. The molecule has 1 fully saturated rings. The standard InChI is InChI=1S/C20H27N3O2S2/c1-16-8-6-7-15-23(16)20-10-5-4-9-19(20)21-26(24)17-11-13-18(14-12-17)27(25)22(2)3/h4-5,9-14,16,21H,6-8,15H2,1-3H3. The second kappa shape index (κ2) is 9.21. The van der Waals surface area contributed by atoms with E-state index >= 15 is 0 Å². The molecule has 5 nitrogen and oxygen atoms in total. The maximum absolute atomic E-state index is 12.8. The maximum atomic E-state index is 12.8. The average Bonchev–Trinajstić information content (AvgIpc) is 2.68. The maximum Gasteiger partial charge on any atom is 0.180 e. The van der Waals surface area contributed by atoms with Crippen molar-refractivity contribution in [3.05, 3.63) is 48.5 Å². The number of benzene rings is 2. The Hall–Kier alpha value is -1.38. The molecule has 2 aromatic rings. The summed E-state index contributed by atoms with van der Waals surface area (Å²) in [6, 6.07) is 15.6. The molecule has 1 saturated heterocycles. The molecule has 0 saturated carbocycles. The molecule has 0 aliphatic carbocycles. The number of para-hydroxylation sites is 2. The lowest BCUT2D eigenvalue weighted by Crippen LogP contribution is -2.38. The number of anilines is 2. The SMILES string of the molecule is CC1CCCCN1c1ccccc1N[S+]([O-])c1ccc([S+]([O-])N(C)C)cc1. The molecular weight excluding hydrogens is 378 g/mol. The molecule has 1 aliphatic heterocycles. The molecule has 3 unspecified atom stereocenters. The van der Waals surface area contributed by atoms with Crippen LogP contribution in [-0.4, -0.2) is 40.1 Å². The van der Waals surface area contributed by atoms with Crippen LogP contribution in [0, 0.1) is 0 Å². The molecule has 7 heteroatoms. The minimum absolute atomic E-state index is 0.482. The first kappa shape index (κ1) is 20.4. The Labute approximate surface area is 168 Å². The normalized spacial score (nSPS) is 19.8. The van der Waals surface area contributed by atoms with E-state index in [1.165, 1.54) is 19.3 Å². The zero-order valence-electron chi connectivity index (χ0n) is 16.1. The Morgan fingerprint density at radius 1 is 1.00 bits per heavy atom. The molecule has 146 valence electrons. The minimum Gasteiger partial charge on any atom is -0.593 e. The van der Waals surface area contributed by atoms with Gasteiger partial charge in [-0.2, -0.15) is 0 Å². The van der Waals surface area contributed by atoms with Gasteiger partial charge in [-0.25, -0.2) is 4.72 Å². The van der Waals surface area contributed by atoms with Crippen LogP contribution in [0.2, 0.25) is 0 Å². The van der Waals surface area contributed by atoms with Crippen molar-refractivity contribution >= 4 is 34.1 Å². The Morgan fingerprint density at radius 3 is 2.33 bits per heavy atom. The van der Waals surface area contributed by atoms with Crippen molar-refractivity contribution in [2.24, 2.45) is 0 Å². The molecule has 1 N–H and O–H groups in total. The van der Waals surface area contributed by atoms with Crippen LogP contribution in [0.5, 0.6) is 0 Å². The Kier molecular flexibility index (Phi) is 6.94. The van der Waals surface area contributed by atoms with Crippen LogP contribution >= 0.6 is 0 Å². The van der Waals surface area contributed by atoms with E-state index < -0.39 is 22.7 Å². The van der Waals surface area contributed by atoms with Gasteiger partial charge in [0.25, 0.3) is 0 Å². The van der Waals surface area contributed by atoms with Gasteiger partial charge in [-0.3, -0.25) is 0 Å². The summed E-state index contributed by atoms with van der Waals surface area (Å²) in [5, 5.41) is 0.